The zero-order valence-electron chi connectivity index (χ0n) is 16.5. The van der Waals surface area contributed by atoms with Crippen molar-refractivity contribution in [1.82, 2.24) is 14.7 Å². The fourth-order valence-electron chi connectivity index (χ4n) is 4.29. The van der Waals surface area contributed by atoms with Gasteiger partial charge in [0, 0.05) is 33.2 Å². The summed E-state index contributed by atoms with van der Waals surface area (Å²) in [5.41, 5.74) is 2.97. The summed E-state index contributed by atoms with van der Waals surface area (Å²) in [5, 5.41) is 8.17. The van der Waals surface area contributed by atoms with Crippen LogP contribution in [0.5, 0.6) is 0 Å². The summed E-state index contributed by atoms with van der Waals surface area (Å²) in [6, 6.07) is 5.60. The fraction of sp³-hybridized carbons (Fsp3) is 0.476. The van der Waals surface area contributed by atoms with Gasteiger partial charge in [0.15, 0.2) is 4.60 Å². The van der Waals surface area contributed by atoms with E-state index in [-0.39, 0.29) is 23.8 Å². The molecule has 158 valence electrons. The first kappa shape index (κ1) is 20.0. The number of fused-ring (bicyclic) bond motifs is 1. The van der Waals surface area contributed by atoms with Gasteiger partial charge >= 0.3 is 0 Å². The first-order chi connectivity index (χ1) is 14.5. The lowest BCUT2D eigenvalue weighted by Crippen LogP contribution is -2.57. The minimum atomic E-state index is -0.250. The number of aromatic nitrogens is 2. The molecule has 7 nitrogen and oxygen atoms in total. The van der Waals surface area contributed by atoms with Crippen LogP contribution in [-0.2, 0) is 16.0 Å². The number of likely N-dealkylation sites (tertiary alicyclic amines) is 1. The highest BCUT2D eigenvalue weighted by Crippen LogP contribution is 2.43. The van der Waals surface area contributed by atoms with E-state index in [2.05, 4.69) is 26.3 Å². The highest BCUT2D eigenvalue weighted by molar-refractivity contribution is 9.10. The number of hydrogen-bond acceptors (Lipinski definition) is 5. The van der Waals surface area contributed by atoms with Gasteiger partial charge in [0.25, 0.3) is 5.91 Å². The first-order valence-corrected chi connectivity index (χ1v) is 11.3. The maximum atomic E-state index is 13.5. The third-order valence-corrected chi connectivity index (χ3v) is 7.08. The summed E-state index contributed by atoms with van der Waals surface area (Å²) in [5.74, 6) is -0.0402. The Morgan fingerprint density at radius 1 is 1.30 bits per heavy atom. The largest absolute Gasteiger partial charge is 0.381 e. The van der Waals surface area contributed by atoms with Crippen LogP contribution in [0.1, 0.15) is 40.4 Å². The van der Waals surface area contributed by atoms with Gasteiger partial charge in [-0.05, 0) is 46.3 Å². The van der Waals surface area contributed by atoms with Crippen LogP contribution in [0.2, 0.25) is 5.02 Å². The van der Waals surface area contributed by atoms with Gasteiger partial charge < -0.3 is 15.0 Å². The number of ether oxygens (including phenoxy) is 1. The SMILES string of the molecule is COC1CN(C(=O)C2CNc3c(Br)nn(C(=O)c4c(Cl)cccc4C4CC4)c3C2)C1. The molecule has 9 heteroatoms. The van der Waals surface area contributed by atoms with Crippen molar-refractivity contribution in [2.45, 2.75) is 31.3 Å². The molecule has 1 aromatic carbocycles. The van der Waals surface area contributed by atoms with Gasteiger partial charge in [-0.2, -0.15) is 9.78 Å². The Labute approximate surface area is 187 Å². The molecule has 1 unspecified atom stereocenters. The number of halogens is 2. The number of hydrogen-bond donors (Lipinski definition) is 1. The zero-order chi connectivity index (χ0) is 21.0. The van der Waals surface area contributed by atoms with Gasteiger partial charge in [0.1, 0.15) is 0 Å². The van der Waals surface area contributed by atoms with Crippen molar-refractivity contribution in [2.75, 3.05) is 32.1 Å². The molecular formula is C21H22BrClN4O3. The second kappa shape index (κ2) is 7.66. The molecule has 1 amide bonds. The van der Waals surface area contributed by atoms with Crippen molar-refractivity contribution >= 4 is 45.0 Å². The summed E-state index contributed by atoms with van der Waals surface area (Å²) in [4.78, 5) is 28.2. The highest BCUT2D eigenvalue weighted by Gasteiger charge is 2.39. The third kappa shape index (κ3) is 3.35. The van der Waals surface area contributed by atoms with Crippen LogP contribution in [0.15, 0.2) is 22.8 Å². The second-order valence-electron chi connectivity index (χ2n) is 8.19. The van der Waals surface area contributed by atoms with Crippen molar-refractivity contribution < 1.29 is 14.3 Å². The van der Waals surface area contributed by atoms with E-state index >= 15 is 0 Å². The Morgan fingerprint density at radius 2 is 2.07 bits per heavy atom. The summed E-state index contributed by atoms with van der Waals surface area (Å²) >= 11 is 9.91. The monoisotopic (exact) mass is 492 g/mol. The van der Waals surface area contributed by atoms with Gasteiger partial charge in [0.2, 0.25) is 5.91 Å². The molecule has 1 saturated carbocycles. The van der Waals surface area contributed by atoms with E-state index in [1.807, 2.05) is 17.0 Å². The molecule has 1 aromatic heterocycles. The average molecular weight is 494 g/mol. The Morgan fingerprint density at radius 3 is 2.77 bits per heavy atom. The van der Waals surface area contributed by atoms with E-state index in [1.54, 1.807) is 13.2 Å². The van der Waals surface area contributed by atoms with Crippen molar-refractivity contribution in [1.29, 1.82) is 0 Å². The molecule has 30 heavy (non-hydrogen) atoms. The predicted molar refractivity (Wildman–Crippen MR) is 116 cm³/mol. The second-order valence-corrected chi connectivity index (χ2v) is 9.35. The molecule has 5 rings (SSSR count). The maximum Gasteiger partial charge on any atom is 0.280 e. The van der Waals surface area contributed by atoms with Crippen LogP contribution in [0, 0.1) is 5.92 Å². The number of carbonyl (C=O) groups excluding carboxylic acids is 2. The van der Waals surface area contributed by atoms with Crippen LogP contribution in [0.25, 0.3) is 0 Å². The number of anilines is 1. The highest BCUT2D eigenvalue weighted by atomic mass is 79.9. The first-order valence-electron chi connectivity index (χ1n) is 10.1. The van der Waals surface area contributed by atoms with Crippen LogP contribution < -0.4 is 5.32 Å². The van der Waals surface area contributed by atoms with E-state index in [0.29, 0.717) is 52.9 Å². The van der Waals surface area contributed by atoms with E-state index in [0.717, 1.165) is 24.1 Å². The smallest absolute Gasteiger partial charge is 0.280 e. The predicted octanol–water partition coefficient (Wildman–Crippen LogP) is 3.31. The van der Waals surface area contributed by atoms with Gasteiger partial charge in [0.05, 0.1) is 34.0 Å². The molecule has 2 aromatic rings. The number of methoxy groups -OCH3 is 1. The molecule has 0 spiro atoms. The number of amides is 1. The Kier molecular flexibility index (Phi) is 5.11. The fourth-order valence-corrected chi connectivity index (χ4v) is 5.08. The van der Waals surface area contributed by atoms with Gasteiger partial charge in [-0.25, -0.2) is 0 Å². The normalized spacial score (nSPS) is 21.0. The minimum absolute atomic E-state index is 0.0779. The molecule has 3 aliphatic rings. The van der Waals surface area contributed by atoms with Crippen molar-refractivity contribution in [3.05, 3.63) is 44.6 Å². The topological polar surface area (TPSA) is 76.5 Å². The summed E-state index contributed by atoms with van der Waals surface area (Å²) in [6.07, 6.45) is 2.70. The van der Waals surface area contributed by atoms with Crippen LogP contribution in [-0.4, -0.2) is 59.3 Å². The molecule has 1 atom stereocenters. The molecule has 3 heterocycles. The maximum absolute atomic E-state index is 13.5. The molecule has 1 aliphatic carbocycles. The standard InChI is InChI=1S/C21H22BrClN4O3/c1-30-13-9-26(10-13)20(28)12-7-16-18(24-8-12)19(22)25-27(16)21(29)17-14(11-5-6-11)3-2-4-15(17)23/h2-4,11-13,24H,5-10H2,1H3. The average Bonchev–Trinajstić information content (AvgIpc) is 3.50. The molecule has 0 radical (unpaired) electrons. The van der Waals surface area contributed by atoms with Crippen molar-refractivity contribution in [3.63, 3.8) is 0 Å². The number of rotatable bonds is 4. The Bertz CT molecular complexity index is 1030. The van der Waals surface area contributed by atoms with E-state index in [1.165, 1.54) is 4.68 Å². The van der Waals surface area contributed by atoms with Gasteiger partial charge in [-0.3, -0.25) is 9.59 Å². The number of benzene rings is 1. The van der Waals surface area contributed by atoms with Crippen molar-refractivity contribution in [3.8, 4) is 0 Å². The van der Waals surface area contributed by atoms with Crippen LogP contribution in [0.3, 0.4) is 0 Å². The van der Waals surface area contributed by atoms with E-state index in [4.69, 9.17) is 16.3 Å². The number of nitrogens with zero attached hydrogens (tertiary/aromatic N) is 3. The lowest BCUT2D eigenvalue weighted by Gasteiger charge is -2.40. The minimum Gasteiger partial charge on any atom is -0.381 e. The Hall–Kier alpha value is -1.90. The molecule has 2 aliphatic heterocycles. The Balaban J connectivity index is 1.44. The summed E-state index contributed by atoms with van der Waals surface area (Å²) in [7, 11) is 1.66. The number of carbonyl (C=O) groups is 2. The van der Waals surface area contributed by atoms with Gasteiger partial charge in [-0.15, -0.1) is 0 Å². The molecule has 0 bridgehead atoms. The number of nitrogens with one attached hydrogen (secondary N) is 1. The van der Waals surface area contributed by atoms with E-state index in [9.17, 15) is 9.59 Å². The van der Waals surface area contributed by atoms with E-state index < -0.39 is 0 Å². The van der Waals surface area contributed by atoms with Crippen molar-refractivity contribution in [2.24, 2.45) is 5.92 Å². The lowest BCUT2D eigenvalue weighted by molar-refractivity contribution is -0.147. The summed E-state index contributed by atoms with van der Waals surface area (Å²) < 4.78 is 7.25. The zero-order valence-corrected chi connectivity index (χ0v) is 18.9. The molecular weight excluding hydrogens is 472 g/mol. The molecule has 2 fully saturated rings. The van der Waals surface area contributed by atoms with Crippen LogP contribution >= 0.6 is 27.5 Å². The van der Waals surface area contributed by atoms with Crippen LogP contribution in [0.4, 0.5) is 5.69 Å². The lowest BCUT2D eigenvalue weighted by atomic mass is 9.95. The third-order valence-electron chi connectivity index (χ3n) is 6.21. The van der Waals surface area contributed by atoms with Gasteiger partial charge in [-0.1, -0.05) is 23.7 Å². The molecule has 1 saturated heterocycles. The quantitative estimate of drug-likeness (QED) is 0.707. The summed E-state index contributed by atoms with van der Waals surface area (Å²) in [6.45, 7) is 1.74. The molecule has 1 N–H and O–H groups in total.